The van der Waals surface area contributed by atoms with Gasteiger partial charge < -0.3 is 14.6 Å². The zero-order valence-electron chi connectivity index (χ0n) is 14.7. The second kappa shape index (κ2) is 8.34. The predicted molar refractivity (Wildman–Crippen MR) is 102 cm³/mol. The largest absolute Gasteiger partial charge is 0.492 e. The van der Waals surface area contributed by atoms with Gasteiger partial charge >= 0.3 is 0 Å². The molecule has 0 unspecified atom stereocenters. The van der Waals surface area contributed by atoms with E-state index in [4.69, 9.17) is 4.74 Å². The van der Waals surface area contributed by atoms with Gasteiger partial charge in [-0.15, -0.1) is 0 Å². The van der Waals surface area contributed by atoms with E-state index in [1.807, 2.05) is 24.3 Å². The van der Waals surface area contributed by atoms with Crippen molar-refractivity contribution in [3.63, 3.8) is 0 Å². The van der Waals surface area contributed by atoms with Gasteiger partial charge in [-0.25, -0.2) is 0 Å². The first-order valence-electron chi connectivity index (χ1n) is 8.12. The van der Waals surface area contributed by atoms with E-state index >= 15 is 0 Å². The van der Waals surface area contributed by atoms with Crippen molar-refractivity contribution in [1.82, 2.24) is 9.88 Å². The van der Waals surface area contributed by atoms with Gasteiger partial charge in [-0.3, -0.25) is 9.59 Å². The summed E-state index contributed by atoms with van der Waals surface area (Å²) < 4.78 is 7.73. The van der Waals surface area contributed by atoms with Crippen LogP contribution < -0.4 is 15.6 Å². The maximum Gasteiger partial charge on any atom is 0.251 e. The number of aromatic nitrogens is 1. The molecule has 0 aliphatic carbocycles. The van der Waals surface area contributed by atoms with Gasteiger partial charge in [-0.05, 0) is 45.1 Å². The van der Waals surface area contributed by atoms with Crippen LogP contribution >= 0.6 is 15.9 Å². The van der Waals surface area contributed by atoms with Crippen molar-refractivity contribution in [3.05, 3.63) is 63.0 Å². The molecule has 0 saturated heterocycles. The maximum absolute atomic E-state index is 11.9. The van der Waals surface area contributed by atoms with Crippen molar-refractivity contribution in [3.8, 4) is 5.75 Å². The summed E-state index contributed by atoms with van der Waals surface area (Å²) in [6, 6.07) is 11.0. The Bertz CT molecular complexity index is 776. The van der Waals surface area contributed by atoms with Gasteiger partial charge in [0.15, 0.2) is 0 Å². The van der Waals surface area contributed by atoms with E-state index in [9.17, 15) is 9.59 Å². The quantitative estimate of drug-likeness (QED) is 0.749. The average molecular weight is 407 g/mol. The lowest BCUT2D eigenvalue weighted by Gasteiger charge is -2.19. The SMILES string of the molecule is CC(C)(C)c1ccc(OCCNC(=O)Cn2cc(Br)ccc2=O)cc1. The Kier molecular flexibility index (Phi) is 6.42. The molecule has 0 aliphatic heterocycles. The number of rotatable bonds is 6. The van der Waals surface area contributed by atoms with Crippen LogP contribution in [-0.4, -0.2) is 23.6 Å². The molecule has 0 spiro atoms. The first kappa shape index (κ1) is 19.2. The van der Waals surface area contributed by atoms with E-state index in [2.05, 4.69) is 42.0 Å². The third-order valence-electron chi connectivity index (χ3n) is 3.67. The Morgan fingerprint density at radius 1 is 1.16 bits per heavy atom. The second-order valence-electron chi connectivity index (χ2n) is 6.79. The van der Waals surface area contributed by atoms with Crippen LogP contribution in [0.3, 0.4) is 0 Å². The van der Waals surface area contributed by atoms with Crippen LogP contribution in [-0.2, 0) is 16.8 Å². The third kappa shape index (κ3) is 6.05. The first-order chi connectivity index (χ1) is 11.8. The normalized spacial score (nSPS) is 11.2. The molecule has 1 N–H and O–H groups in total. The van der Waals surface area contributed by atoms with Crippen molar-refractivity contribution in [2.45, 2.75) is 32.7 Å². The Hall–Kier alpha value is -2.08. The maximum atomic E-state index is 11.9. The molecule has 2 aromatic rings. The van der Waals surface area contributed by atoms with E-state index in [1.54, 1.807) is 12.3 Å². The Morgan fingerprint density at radius 2 is 1.84 bits per heavy atom. The lowest BCUT2D eigenvalue weighted by Crippen LogP contribution is -2.34. The monoisotopic (exact) mass is 406 g/mol. The summed E-state index contributed by atoms with van der Waals surface area (Å²) in [6.45, 7) is 7.22. The van der Waals surface area contributed by atoms with Gasteiger partial charge in [-0.1, -0.05) is 32.9 Å². The molecule has 1 aromatic heterocycles. The van der Waals surface area contributed by atoms with Crippen molar-refractivity contribution >= 4 is 21.8 Å². The van der Waals surface area contributed by atoms with Gasteiger partial charge in [-0.2, -0.15) is 0 Å². The Morgan fingerprint density at radius 3 is 2.48 bits per heavy atom. The summed E-state index contributed by atoms with van der Waals surface area (Å²) >= 11 is 3.28. The fraction of sp³-hybridized carbons (Fsp3) is 0.368. The molecule has 0 atom stereocenters. The zero-order valence-corrected chi connectivity index (χ0v) is 16.3. The number of benzene rings is 1. The summed E-state index contributed by atoms with van der Waals surface area (Å²) in [5.41, 5.74) is 1.14. The molecule has 1 aromatic carbocycles. The second-order valence-corrected chi connectivity index (χ2v) is 7.70. The molecule has 1 heterocycles. The van der Waals surface area contributed by atoms with E-state index in [0.717, 1.165) is 10.2 Å². The summed E-state index contributed by atoms with van der Waals surface area (Å²) in [5.74, 6) is 0.539. The van der Waals surface area contributed by atoms with Gasteiger partial charge in [0.1, 0.15) is 18.9 Å². The molecule has 0 radical (unpaired) electrons. The van der Waals surface area contributed by atoms with Crippen LogP contribution in [0.2, 0.25) is 0 Å². The third-order valence-corrected chi connectivity index (χ3v) is 4.14. The number of hydrogen-bond donors (Lipinski definition) is 1. The smallest absolute Gasteiger partial charge is 0.251 e. The molecular formula is C19H23BrN2O3. The van der Waals surface area contributed by atoms with Gasteiger partial charge in [0.05, 0.1) is 6.54 Å². The fourth-order valence-electron chi connectivity index (χ4n) is 2.25. The summed E-state index contributed by atoms with van der Waals surface area (Å²) in [5, 5.41) is 2.74. The fourth-order valence-corrected chi connectivity index (χ4v) is 2.63. The van der Waals surface area contributed by atoms with Gasteiger partial charge in [0.2, 0.25) is 5.91 Å². The van der Waals surface area contributed by atoms with Crippen LogP contribution in [0.4, 0.5) is 0 Å². The molecule has 2 rings (SSSR count). The molecule has 0 aliphatic rings. The van der Waals surface area contributed by atoms with Crippen LogP contribution in [0.5, 0.6) is 5.75 Å². The minimum Gasteiger partial charge on any atom is -0.492 e. The topological polar surface area (TPSA) is 60.3 Å². The molecule has 0 bridgehead atoms. The van der Waals surface area contributed by atoms with Crippen molar-refractivity contribution in [1.29, 1.82) is 0 Å². The standard InChI is InChI=1S/C19H23BrN2O3/c1-19(2,3)14-4-7-16(8-5-14)25-11-10-21-17(23)13-22-12-15(20)6-9-18(22)24/h4-9,12H,10-11,13H2,1-3H3,(H,21,23). The number of hydrogen-bond acceptors (Lipinski definition) is 3. The molecule has 25 heavy (non-hydrogen) atoms. The lowest BCUT2D eigenvalue weighted by molar-refractivity contribution is -0.121. The molecular weight excluding hydrogens is 384 g/mol. The summed E-state index contributed by atoms with van der Waals surface area (Å²) in [6.07, 6.45) is 1.59. The number of halogens is 1. The van der Waals surface area contributed by atoms with Crippen molar-refractivity contribution in [2.24, 2.45) is 0 Å². The van der Waals surface area contributed by atoms with Crippen LogP contribution in [0.25, 0.3) is 0 Å². The highest BCUT2D eigenvalue weighted by Crippen LogP contribution is 2.24. The van der Waals surface area contributed by atoms with E-state index in [0.29, 0.717) is 13.2 Å². The van der Waals surface area contributed by atoms with Crippen LogP contribution in [0.15, 0.2) is 51.9 Å². The Balaban J connectivity index is 1.76. The number of ether oxygens (including phenoxy) is 1. The molecule has 0 fully saturated rings. The van der Waals surface area contributed by atoms with E-state index in [-0.39, 0.29) is 23.4 Å². The first-order valence-corrected chi connectivity index (χ1v) is 8.91. The lowest BCUT2D eigenvalue weighted by atomic mass is 9.87. The highest BCUT2D eigenvalue weighted by atomic mass is 79.9. The van der Waals surface area contributed by atoms with E-state index < -0.39 is 0 Å². The number of carbonyl (C=O) groups is 1. The van der Waals surface area contributed by atoms with Crippen molar-refractivity contribution in [2.75, 3.05) is 13.2 Å². The predicted octanol–water partition coefficient (Wildman–Crippen LogP) is 3.10. The number of carbonyl (C=O) groups excluding carboxylic acids is 1. The van der Waals surface area contributed by atoms with Crippen LogP contribution in [0.1, 0.15) is 26.3 Å². The zero-order chi connectivity index (χ0) is 18.4. The average Bonchev–Trinajstić information content (AvgIpc) is 2.55. The molecule has 1 amide bonds. The minimum absolute atomic E-state index is 0.0153. The number of nitrogens with zero attached hydrogens (tertiary/aromatic N) is 1. The van der Waals surface area contributed by atoms with Crippen molar-refractivity contribution < 1.29 is 9.53 Å². The molecule has 0 saturated carbocycles. The number of amides is 1. The number of pyridine rings is 1. The molecule has 134 valence electrons. The van der Waals surface area contributed by atoms with E-state index in [1.165, 1.54) is 16.2 Å². The van der Waals surface area contributed by atoms with Crippen LogP contribution in [0, 0.1) is 0 Å². The van der Waals surface area contributed by atoms with Gasteiger partial charge in [0.25, 0.3) is 5.56 Å². The van der Waals surface area contributed by atoms with Gasteiger partial charge in [0, 0.05) is 16.7 Å². The summed E-state index contributed by atoms with van der Waals surface area (Å²) in [4.78, 5) is 23.6. The highest BCUT2D eigenvalue weighted by molar-refractivity contribution is 9.10. The highest BCUT2D eigenvalue weighted by Gasteiger charge is 2.12. The number of nitrogens with one attached hydrogen (secondary N) is 1. The molecule has 6 heteroatoms. The Labute approximate surface area is 156 Å². The summed E-state index contributed by atoms with van der Waals surface area (Å²) in [7, 11) is 0. The molecule has 5 nitrogen and oxygen atoms in total. The minimum atomic E-state index is -0.230.